The Hall–Kier alpha value is -1.89. The van der Waals surface area contributed by atoms with Crippen LogP contribution < -0.4 is 4.72 Å². The van der Waals surface area contributed by atoms with Crippen molar-refractivity contribution in [2.24, 2.45) is 0 Å². The molecule has 1 fully saturated rings. The fourth-order valence-electron chi connectivity index (χ4n) is 2.34. The Morgan fingerprint density at radius 2 is 2.09 bits per heavy atom. The van der Waals surface area contributed by atoms with Crippen molar-refractivity contribution in [3.63, 3.8) is 0 Å². The number of benzene rings is 1. The van der Waals surface area contributed by atoms with Crippen LogP contribution in [0.1, 0.15) is 55.8 Å². The molecule has 0 radical (unpaired) electrons. The molecule has 124 valence electrons. The van der Waals surface area contributed by atoms with Gasteiger partial charge in [-0.3, -0.25) is 4.72 Å². The van der Waals surface area contributed by atoms with E-state index in [4.69, 9.17) is 4.52 Å². The summed E-state index contributed by atoms with van der Waals surface area (Å²) in [4.78, 5) is 4.40. The molecule has 0 bridgehead atoms. The molecule has 3 rings (SSSR count). The van der Waals surface area contributed by atoms with Crippen LogP contribution in [0, 0.1) is 0 Å². The second-order valence-electron chi connectivity index (χ2n) is 5.93. The van der Waals surface area contributed by atoms with Gasteiger partial charge in [-0.15, -0.1) is 0 Å². The monoisotopic (exact) mass is 335 g/mol. The van der Waals surface area contributed by atoms with Gasteiger partial charge in [-0.1, -0.05) is 36.7 Å². The molecule has 7 heteroatoms. The number of unbranched alkanes of at least 4 members (excludes halogenated alkanes) is 1. The van der Waals surface area contributed by atoms with E-state index in [1.54, 1.807) is 6.07 Å². The van der Waals surface area contributed by atoms with E-state index in [1.807, 2.05) is 25.1 Å². The van der Waals surface area contributed by atoms with Crippen molar-refractivity contribution >= 4 is 15.7 Å². The van der Waals surface area contributed by atoms with Gasteiger partial charge in [-0.2, -0.15) is 4.98 Å². The van der Waals surface area contributed by atoms with Crippen LogP contribution in [0.4, 0.5) is 5.69 Å². The van der Waals surface area contributed by atoms with E-state index in [2.05, 4.69) is 14.9 Å². The van der Waals surface area contributed by atoms with E-state index in [1.165, 1.54) is 0 Å². The van der Waals surface area contributed by atoms with E-state index in [0.717, 1.165) is 30.7 Å². The smallest absolute Gasteiger partial charge is 0.232 e. The number of para-hydroxylation sites is 1. The molecule has 0 atom stereocenters. The molecule has 0 spiro atoms. The summed E-state index contributed by atoms with van der Waals surface area (Å²) in [5.74, 6) is 1.85. The van der Waals surface area contributed by atoms with E-state index in [0.29, 0.717) is 30.3 Å². The van der Waals surface area contributed by atoms with E-state index in [-0.39, 0.29) is 5.75 Å². The van der Waals surface area contributed by atoms with Crippen molar-refractivity contribution in [2.45, 2.75) is 44.9 Å². The molecule has 2 aromatic rings. The standard InChI is InChI=1S/C16H21N3O3S/c1-2-3-10-23(20,21)19-14-7-5-4-6-13(14)11-15-17-16(18-22-15)12-8-9-12/h4-7,12,19H,2-3,8-11H2,1H3. The summed E-state index contributed by atoms with van der Waals surface area (Å²) in [5.41, 5.74) is 1.41. The molecule has 0 amide bonds. The number of anilines is 1. The summed E-state index contributed by atoms with van der Waals surface area (Å²) in [6.07, 6.45) is 4.15. The summed E-state index contributed by atoms with van der Waals surface area (Å²) >= 11 is 0. The SMILES string of the molecule is CCCCS(=O)(=O)Nc1ccccc1Cc1nc(C2CC2)no1. The van der Waals surface area contributed by atoms with Crippen molar-refractivity contribution in [3.8, 4) is 0 Å². The van der Waals surface area contributed by atoms with Gasteiger partial charge < -0.3 is 4.52 Å². The molecule has 0 unspecified atom stereocenters. The van der Waals surface area contributed by atoms with Gasteiger partial charge in [0.25, 0.3) is 0 Å². The Morgan fingerprint density at radius 1 is 1.30 bits per heavy atom. The molecule has 1 heterocycles. The van der Waals surface area contributed by atoms with Gasteiger partial charge in [0.2, 0.25) is 15.9 Å². The number of sulfonamides is 1. The lowest BCUT2D eigenvalue weighted by Crippen LogP contribution is -2.17. The molecule has 1 aromatic carbocycles. The van der Waals surface area contributed by atoms with Crippen molar-refractivity contribution in [1.29, 1.82) is 0 Å². The Kier molecular flexibility index (Phi) is 4.66. The lowest BCUT2D eigenvalue weighted by Gasteiger charge is -2.11. The minimum absolute atomic E-state index is 0.129. The summed E-state index contributed by atoms with van der Waals surface area (Å²) in [6.45, 7) is 1.97. The van der Waals surface area contributed by atoms with Gasteiger partial charge in [-0.05, 0) is 30.9 Å². The summed E-state index contributed by atoms with van der Waals surface area (Å²) in [5, 5.41) is 3.99. The molecular formula is C16H21N3O3S. The number of hydrogen-bond donors (Lipinski definition) is 1. The number of aromatic nitrogens is 2. The third-order valence-electron chi connectivity index (χ3n) is 3.82. The van der Waals surface area contributed by atoms with Crippen LogP contribution in [0.2, 0.25) is 0 Å². The quantitative estimate of drug-likeness (QED) is 0.801. The highest BCUT2D eigenvalue weighted by molar-refractivity contribution is 7.92. The predicted molar refractivity (Wildman–Crippen MR) is 87.8 cm³/mol. The highest BCUT2D eigenvalue weighted by atomic mass is 32.2. The molecule has 23 heavy (non-hydrogen) atoms. The average molecular weight is 335 g/mol. The fraction of sp³-hybridized carbons (Fsp3) is 0.500. The van der Waals surface area contributed by atoms with Crippen molar-refractivity contribution < 1.29 is 12.9 Å². The summed E-state index contributed by atoms with van der Waals surface area (Å²) < 4.78 is 32.2. The fourth-order valence-corrected chi connectivity index (χ4v) is 3.64. The van der Waals surface area contributed by atoms with Gasteiger partial charge in [0.05, 0.1) is 17.9 Å². The Morgan fingerprint density at radius 3 is 2.83 bits per heavy atom. The molecule has 1 saturated carbocycles. The van der Waals surface area contributed by atoms with Gasteiger partial charge >= 0.3 is 0 Å². The number of nitrogens with one attached hydrogen (secondary N) is 1. The number of hydrogen-bond acceptors (Lipinski definition) is 5. The molecule has 1 aliphatic rings. The van der Waals surface area contributed by atoms with E-state index < -0.39 is 10.0 Å². The Balaban J connectivity index is 1.74. The zero-order valence-corrected chi connectivity index (χ0v) is 14.0. The first-order chi connectivity index (χ1) is 11.1. The topological polar surface area (TPSA) is 85.1 Å². The van der Waals surface area contributed by atoms with Crippen LogP contribution in [0.3, 0.4) is 0 Å². The average Bonchev–Trinajstić information content (AvgIpc) is 3.27. The van der Waals surface area contributed by atoms with Gasteiger partial charge in [-0.25, -0.2) is 8.42 Å². The largest absolute Gasteiger partial charge is 0.339 e. The number of nitrogens with zero attached hydrogens (tertiary/aromatic N) is 2. The molecule has 1 aromatic heterocycles. The highest BCUT2D eigenvalue weighted by Crippen LogP contribution is 2.38. The maximum absolute atomic E-state index is 12.1. The maximum Gasteiger partial charge on any atom is 0.232 e. The van der Waals surface area contributed by atoms with Crippen LogP contribution in [-0.4, -0.2) is 24.3 Å². The molecular weight excluding hydrogens is 314 g/mol. The van der Waals surface area contributed by atoms with Crippen LogP contribution in [0.5, 0.6) is 0 Å². The van der Waals surface area contributed by atoms with Gasteiger partial charge in [0.15, 0.2) is 5.82 Å². The number of rotatable bonds is 8. The molecule has 1 N–H and O–H groups in total. The van der Waals surface area contributed by atoms with Gasteiger partial charge in [0, 0.05) is 5.92 Å². The molecule has 0 saturated heterocycles. The van der Waals surface area contributed by atoms with Crippen LogP contribution >= 0.6 is 0 Å². The first kappa shape index (κ1) is 16.0. The lowest BCUT2D eigenvalue weighted by molar-refractivity contribution is 0.379. The van der Waals surface area contributed by atoms with Crippen molar-refractivity contribution in [2.75, 3.05) is 10.5 Å². The third-order valence-corrected chi connectivity index (χ3v) is 5.17. The molecule has 0 aliphatic heterocycles. The lowest BCUT2D eigenvalue weighted by atomic mass is 10.1. The van der Waals surface area contributed by atoms with Crippen LogP contribution in [0.15, 0.2) is 28.8 Å². The third kappa shape index (κ3) is 4.31. The minimum Gasteiger partial charge on any atom is -0.339 e. The Labute approximate surface area is 136 Å². The highest BCUT2D eigenvalue weighted by Gasteiger charge is 2.28. The first-order valence-corrected chi connectivity index (χ1v) is 9.63. The zero-order valence-electron chi connectivity index (χ0n) is 13.2. The Bertz CT molecular complexity index is 766. The van der Waals surface area contributed by atoms with Crippen LogP contribution in [0.25, 0.3) is 0 Å². The van der Waals surface area contributed by atoms with Crippen molar-refractivity contribution in [3.05, 3.63) is 41.5 Å². The van der Waals surface area contributed by atoms with E-state index in [9.17, 15) is 8.42 Å². The second kappa shape index (κ2) is 6.70. The summed E-state index contributed by atoms with van der Waals surface area (Å²) in [6, 6.07) is 7.32. The minimum atomic E-state index is -3.33. The normalized spacial score (nSPS) is 14.8. The first-order valence-electron chi connectivity index (χ1n) is 7.98. The molecule has 6 nitrogen and oxygen atoms in total. The molecule has 1 aliphatic carbocycles. The van der Waals surface area contributed by atoms with Crippen LogP contribution in [-0.2, 0) is 16.4 Å². The zero-order chi connectivity index (χ0) is 16.3. The maximum atomic E-state index is 12.1. The second-order valence-corrected chi connectivity index (χ2v) is 7.77. The van der Waals surface area contributed by atoms with E-state index >= 15 is 0 Å². The summed E-state index contributed by atoms with van der Waals surface area (Å²) in [7, 11) is -3.33. The van der Waals surface area contributed by atoms with Gasteiger partial charge in [0.1, 0.15) is 0 Å². The van der Waals surface area contributed by atoms with Crippen molar-refractivity contribution in [1.82, 2.24) is 10.1 Å². The predicted octanol–water partition coefficient (Wildman–Crippen LogP) is 3.08.